The fraction of sp³-hybridized carbons (Fsp3) is 0.333. The first kappa shape index (κ1) is 20.0. The third-order valence-electron chi connectivity index (χ3n) is 6.48. The summed E-state index contributed by atoms with van der Waals surface area (Å²) in [6, 6.07) is 26.1. The zero-order chi connectivity index (χ0) is 21.0. The molecule has 0 aliphatic carbocycles. The van der Waals surface area contributed by atoms with Gasteiger partial charge in [0.05, 0.1) is 12.8 Å². The highest BCUT2D eigenvalue weighted by Crippen LogP contribution is 2.42. The fourth-order valence-corrected chi connectivity index (χ4v) is 4.85. The minimum Gasteiger partial charge on any atom is -0.497 e. The van der Waals surface area contributed by atoms with Gasteiger partial charge in [-0.2, -0.15) is 0 Å². The summed E-state index contributed by atoms with van der Waals surface area (Å²) in [5, 5.41) is 0. The summed E-state index contributed by atoms with van der Waals surface area (Å²) in [4.78, 5) is 5.16. The van der Waals surface area contributed by atoms with Crippen LogP contribution in [0.5, 0.6) is 11.5 Å². The highest BCUT2D eigenvalue weighted by atomic mass is 16.5. The summed E-state index contributed by atoms with van der Waals surface area (Å²) in [5.74, 6) is 1.90. The number of ether oxygens (including phenoxy) is 2. The number of benzene rings is 3. The maximum absolute atomic E-state index is 6.18. The van der Waals surface area contributed by atoms with E-state index >= 15 is 0 Å². The zero-order valence-corrected chi connectivity index (χ0v) is 18.2. The van der Waals surface area contributed by atoms with Crippen molar-refractivity contribution in [3.05, 3.63) is 83.9 Å². The van der Waals surface area contributed by atoms with Crippen LogP contribution in [0.3, 0.4) is 0 Å². The molecule has 0 spiro atoms. The molecule has 2 aliphatic heterocycles. The van der Waals surface area contributed by atoms with Crippen molar-refractivity contribution in [2.75, 3.05) is 31.6 Å². The van der Waals surface area contributed by atoms with Gasteiger partial charge in [0.25, 0.3) is 0 Å². The SMILES string of the molecule is COc1ccc(CCN2CCC[C@H](N3c4ccccc4COc4ccccc43)C2)cc1. The first-order chi connectivity index (χ1) is 15.3. The molecule has 0 amide bonds. The predicted molar refractivity (Wildman–Crippen MR) is 126 cm³/mol. The predicted octanol–water partition coefficient (Wildman–Crippen LogP) is 5.43. The number of hydrogen-bond donors (Lipinski definition) is 0. The molecule has 0 saturated carbocycles. The summed E-state index contributed by atoms with van der Waals surface area (Å²) >= 11 is 0. The number of fused-ring (bicyclic) bond motifs is 2. The van der Waals surface area contributed by atoms with Crippen molar-refractivity contribution < 1.29 is 9.47 Å². The molecule has 160 valence electrons. The molecule has 5 rings (SSSR count). The summed E-state index contributed by atoms with van der Waals surface area (Å²) in [6.07, 6.45) is 3.48. The molecule has 4 nitrogen and oxygen atoms in total. The Morgan fingerprint density at radius 3 is 2.55 bits per heavy atom. The molecule has 0 unspecified atom stereocenters. The van der Waals surface area contributed by atoms with E-state index in [1.165, 1.54) is 41.9 Å². The van der Waals surface area contributed by atoms with Crippen LogP contribution >= 0.6 is 0 Å². The quantitative estimate of drug-likeness (QED) is 0.556. The number of piperidine rings is 1. The smallest absolute Gasteiger partial charge is 0.143 e. The molecular formula is C27H30N2O2. The van der Waals surface area contributed by atoms with Crippen molar-refractivity contribution in [3.8, 4) is 11.5 Å². The van der Waals surface area contributed by atoms with Crippen LogP contribution in [0, 0.1) is 0 Å². The average Bonchev–Trinajstić information content (AvgIpc) is 3.00. The summed E-state index contributed by atoms with van der Waals surface area (Å²) in [5.41, 5.74) is 5.10. The molecule has 0 radical (unpaired) electrons. The van der Waals surface area contributed by atoms with E-state index in [1.54, 1.807) is 7.11 Å². The number of rotatable bonds is 5. The molecule has 0 N–H and O–H groups in total. The topological polar surface area (TPSA) is 24.9 Å². The molecule has 1 fully saturated rings. The zero-order valence-electron chi connectivity index (χ0n) is 18.2. The molecule has 2 aliphatic rings. The van der Waals surface area contributed by atoms with E-state index in [-0.39, 0.29) is 0 Å². The third kappa shape index (κ3) is 4.26. The van der Waals surface area contributed by atoms with Crippen molar-refractivity contribution in [2.45, 2.75) is 31.9 Å². The van der Waals surface area contributed by atoms with Gasteiger partial charge in [-0.25, -0.2) is 0 Å². The fourth-order valence-electron chi connectivity index (χ4n) is 4.85. The summed E-state index contributed by atoms with van der Waals surface area (Å²) < 4.78 is 11.5. The van der Waals surface area contributed by atoms with Crippen LogP contribution in [0.15, 0.2) is 72.8 Å². The lowest BCUT2D eigenvalue weighted by Gasteiger charge is -2.41. The Kier molecular flexibility index (Phi) is 5.81. The Balaban J connectivity index is 1.36. The van der Waals surface area contributed by atoms with E-state index < -0.39 is 0 Å². The molecule has 1 atom stereocenters. The first-order valence-electron chi connectivity index (χ1n) is 11.3. The second-order valence-electron chi connectivity index (χ2n) is 8.45. The molecule has 3 aromatic carbocycles. The van der Waals surface area contributed by atoms with Crippen LogP contribution in [0.25, 0.3) is 0 Å². The number of para-hydroxylation sites is 3. The van der Waals surface area contributed by atoms with Crippen molar-refractivity contribution in [1.29, 1.82) is 0 Å². The monoisotopic (exact) mass is 414 g/mol. The number of likely N-dealkylation sites (tertiary alicyclic amines) is 1. The molecule has 31 heavy (non-hydrogen) atoms. The Hall–Kier alpha value is -2.98. The van der Waals surface area contributed by atoms with Gasteiger partial charge >= 0.3 is 0 Å². The van der Waals surface area contributed by atoms with E-state index in [4.69, 9.17) is 9.47 Å². The lowest BCUT2D eigenvalue weighted by Crippen LogP contribution is -2.47. The van der Waals surface area contributed by atoms with Crippen LogP contribution < -0.4 is 14.4 Å². The van der Waals surface area contributed by atoms with Gasteiger partial charge in [0.1, 0.15) is 18.1 Å². The van der Waals surface area contributed by atoms with Crippen LogP contribution in [0.4, 0.5) is 11.4 Å². The second-order valence-corrected chi connectivity index (χ2v) is 8.45. The van der Waals surface area contributed by atoms with E-state index in [1.807, 2.05) is 0 Å². The lowest BCUT2D eigenvalue weighted by molar-refractivity contribution is 0.210. The van der Waals surface area contributed by atoms with E-state index in [0.717, 1.165) is 31.0 Å². The first-order valence-corrected chi connectivity index (χ1v) is 11.3. The van der Waals surface area contributed by atoms with Gasteiger partial charge in [-0.3, -0.25) is 0 Å². The van der Waals surface area contributed by atoms with E-state index in [9.17, 15) is 0 Å². The van der Waals surface area contributed by atoms with Crippen LogP contribution in [0.2, 0.25) is 0 Å². The average molecular weight is 415 g/mol. The molecule has 3 aromatic rings. The van der Waals surface area contributed by atoms with Crippen molar-refractivity contribution in [1.82, 2.24) is 4.90 Å². The minimum atomic E-state index is 0.439. The van der Waals surface area contributed by atoms with Crippen LogP contribution in [0.1, 0.15) is 24.0 Å². The largest absolute Gasteiger partial charge is 0.497 e. The maximum atomic E-state index is 6.18. The van der Waals surface area contributed by atoms with E-state index in [2.05, 4.69) is 82.6 Å². The molecule has 0 bridgehead atoms. The molecule has 4 heteroatoms. The molecular weight excluding hydrogens is 384 g/mol. The van der Waals surface area contributed by atoms with Crippen molar-refractivity contribution in [2.24, 2.45) is 0 Å². The lowest BCUT2D eigenvalue weighted by atomic mass is 10.00. The van der Waals surface area contributed by atoms with Crippen molar-refractivity contribution >= 4 is 11.4 Å². The standard InChI is InChI=1S/C27H30N2O2/c1-30-24-14-12-21(13-15-24)16-18-28-17-6-8-23(19-28)29-25-9-3-2-7-22(25)20-31-27-11-5-4-10-26(27)29/h2-5,7,9-15,23H,6,8,16-20H2,1H3/t23-/m0/s1. The highest BCUT2D eigenvalue weighted by Gasteiger charge is 2.31. The Bertz CT molecular complexity index is 970. The van der Waals surface area contributed by atoms with Gasteiger partial charge in [-0.05, 0) is 61.7 Å². The summed E-state index contributed by atoms with van der Waals surface area (Å²) in [6.45, 7) is 3.94. The van der Waals surface area contributed by atoms with Gasteiger partial charge in [0.2, 0.25) is 0 Å². The third-order valence-corrected chi connectivity index (χ3v) is 6.48. The van der Waals surface area contributed by atoms with Gasteiger partial charge in [0, 0.05) is 30.4 Å². The number of anilines is 2. The van der Waals surface area contributed by atoms with Crippen LogP contribution in [-0.2, 0) is 13.0 Å². The van der Waals surface area contributed by atoms with Gasteiger partial charge in [0.15, 0.2) is 0 Å². The van der Waals surface area contributed by atoms with Crippen molar-refractivity contribution in [3.63, 3.8) is 0 Å². The Morgan fingerprint density at radius 2 is 1.71 bits per heavy atom. The van der Waals surface area contributed by atoms with Gasteiger partial charge in [-0.1, -0.05) is 42.5 Å². The summed E-state index contributed by atoms with van der Waals surface area (Å²) in [7, 11) is 1.72. The maximum Gasteiger partial charge on any atom is 0.143 e. The Labute approximate surface area is 185 Å². The van der Waals surface area contributed by atoms with Gasteiger partial charge in [-0.15, -0.1) is 0 Å². The molecule has 2 heterocycles. The number of hydrogen-bond acceptors (Lipinski definition) is 4. The second kappa shape index (κ2) is 9.03. The van der Waals surface area contributed by atoms with Crippen LogP contribution in [-0.4, -0.2) is 37.7 Å². The van der Waals surface area contributed by atoms with E-state index in [0.29, 0.717) is 12.6 Å². The molecule has 0 aromatic heterocycles. The normalized spacial score (nSPS) is 18.5. The minimum absolute atomic E-state index is 0.439. The number of methoxy groups -OCH3 is 1. The molecule has 1 saturated heterocycles. The van der Waals surface area contributed by atoms with Gasteiger partial charge < -0.3 is 19.3 Å². The number of nitrogens with zero attached hydrogens (tertiary/aromatic N) is 2. The Morgan fingerprint density at radius 1 is 0.935 bits per heavy atom. The highest BCUT2D eigenvalue weighted by molar-refractivity contribution is 5.73.